The van der Waals surface area contributed by atoms with Crippen LogP contribution in [0.4, 0.5) is 5.69 Å². The molecule has 0 fully saturated rings. The maximum Gasteiger partial charge on any atom is 0.261 e. The SMILES string of the molecule is CCc1ccc(O[C@H](C)C(=O)NCc2nnc(SCC(=O)Nc3cc(C)cc(C)c3)n2CC)cc1. The van der Waals surface area contributed by atoms with Crippen LogP contribution in [0.3, 0.4) is 0 Å². The first-order valence-corrected chi connectivity index (χ1v) is 12.7. The molecule has 9 heteroatoms. The number of rotatable bonds is 11. The van der Waals surface area contributed by atoms with Gasteiger partial charge in [-0.1, -0.05) is 36.9 Å². The minimum absolute atomic E-state index is 0.113. The number of carbonyl (C=O) groups excluding carboxylic acids is 2. The van der Waals surface area contributed by atoms with E-state index in [4.69, 9.17) is 4.74 Å². The number of benzene rings is 2. The smallest absolute Gasteiger partial charge is 0.261 e. The molecule has 2 N–H and O–H groups in total. The maximum absolute atomic E-state index is 12.5. The molecule has 35 heavy (non-hydrogen) atoms. The Morgan fingerprint density at radius 3 is 2.37 bits per heavy atom. The zero-order valence-electron chi connectivity index (χ0n) is 20.9. The van der Waals surface area contributed by atoms with Crippen molar-refractivity contribution in [2.24, 2.45) is 0 Å². The second-order valence-electron chi connectivity index (χ2n) is 8.33. The molecule has 0 saturated heterocycles. The molecule has 0 spiro atoms. The highest BCUT2D eigenvalue weighted by molar-refractivity contribution is 7.99. The molecule has 2 aromatic carbocycles. The largest absolute Gasteiger partial charge is 0.481 e. The van der Waals surface area contributed by atoms with Gasteiger partial charge in [-0.05, 0) is 75.1 Å². The van der Waals surface area contributed by atoms with E-state index in [1.165, 1.54) is 17.3 Å². The topological polar surface area (TPSA) is 98.1 Å². The first-order chi connectivity index (χ1) is 16.8. The van der Waals surface area contributed by atoms with E-state index in [9.17, 15) is 9.59 Å². The van der Waals surface area contributed by atoms with Crippen LogP contribution in [0.2, 0.25) is 0 Å². The van der Waals surface area contributed by atoms with Crippen LogP contribution in [0.5, 0.6) is 5.75 Å². The van der Waals surface area contributed by atoms with Gasteiger partial charge in [0.1, 0.15) is 5.75 Å². The van der Waals surface area contributed by atoms with E-state index in [0.717, 1.165) is 23.2 Å². The molecule has 0 aliphatic carbocycles. The molecular formula is C26H33N5O3S. The van der Waals surface area contributed by atoms with Gasteiger partial charge in [-0.2, -0.15) is 0 Å². The molecule has 3 rings (SSSR count). The van der Waals surface area contributed by atoms with Crippen LogP contribution in [-0.2, 0) is 29.1 Å². The number of amides is 2. The third-order valence-corrected chi connectivity index (χ3v) is 6.35. The van der Waals surface area contributed by atoms with E-state index in [1.807, 2.05) is 61.7 Å². The van der Waals surface area contributed by atoms with Gasteiger partial charge in [0.25, 0.3) is 5.91 Å². The van der Waals surface area contributed by atoms with E-state index in [2.05, 4.69) is 33.8 Å². The quantitative estimate of drug-likeness (QED) is 0.385. The molecule has 1 heterocycles. The highest BCUT2D eigenvalue weighted by Gasteiger charge is 2.18. The second-order valence-corrected chi connectivity index (χ2v) is 9.27. The fraction of sp³-hybridized carbons (Fsp3) is 0.385. The summed E-state index contributed by atoms with van der Waals surface area (Å²) in [7, 11) is 0. The highest BCUT2D eigenvalue weighted by Crippen LogP contribution is 2.19. The van der Waals surface area contributed by atoms with E-state index in [0.29, 0.717) is 23.3 Å². The van der Waals surface area contributed by atoms with Crippen molar-refractivity contribution in [3.8, 4) is 5.75 Å². The van der Waals surface area contributed by atoms with Crippen LogP contribution in [0.15, 0.2) is 47.6 Å². The van der Waals surface area contributed by atoms with Gasteiger partial charge >= 0.3 is 0 Å². The van der Waals surface area contributed by atoms with Crippen LogP contribution in [-0.4, -0.2) is 38.4 Å². The standard InChI is InChI=1S/C26H33N5O3S/c1-6-20-8-10-22(11-9-20)34-19(5)25(33)27-15-23-29-30-26(31(23)7-2)35-16-24(32)28-21-13-17(3)12-18(4)14-21/h8-14,19H,6-7,15-16H2,1-5H3,(H,27,33)(H,28,32)/t19-/m1/s1. The van der Waals surface area contributed by atoms with Crippen molar-refractivity contribution in [3.05, 3.63) is 65.0 Å². The monoisotopic (exact) mass is 495 g/mol. The molecule has 2 amide bonds. The lowest BCUT2D eigenvalue weighted by Gasteiger charge is -2.15. The minimum atomic E-state index is -0.650. The van der Waals surface area contributed by atoms with Gasteiger partial charge in [0.2, 0.25) is 5.91 Å². The van der Waals surface area contributed by atoms with Crippen molar-refractivity contribution in [2.75, 3.05) is 11.1 Å². The Morgan fingerprint density at radius 1 is 1.06 bits per heavy atom. The van der Waals surface area contributed by atoms with Gasteiger partial charge in [-0.15, -0.1) is 10.2 Å². The summed E-state index contributed by atoms with van der Waals surface area (Å²) in [6.07, 6.45) is 0.300. The van der Waals surface area contributed by atoms with E-state index in [-0.39, 0.29) is 24.1 Å². The summed E-state index contributed by atoms with van der Waals surface area (Å²) in [5, 5.41) is 14.8. The number of hydrogen-bond acceptors (Lipinski definition) is 6. The van der Waals surface area contributed by atoms with Gasteiger partial charge < -0.3 is 19.9 Å². The molecule has 1 atom stereocenters. The first-order valence-electron chi connectivity index (χ1n) is 11.7. The number of aryl methyl sites for hydroxylation is 3. The summed E-state index contributed by atoms with van der Waals surface area (Å²) in [5.41, 5.74) is 4.19. The van der Waals surface area contributed by atoms with Gasteiger partial charge in [0.15, 0.2) is 17.1 Å². The highest BCUT2D eigenvalue weighted by atomic mass is 32.2. The van der Waals surface area contributed by atoms with E-state index < -0.39 is 6.10 Å². The summed E-state index contributed by atoms with van der Waals surface area (Å²) in [5.74, 6) is 1.13. The van der Waals surface area contributed by atoms with Gasteiger partial charge in [0.05, 0.1) is 12.3 Å². The molecule has 186 valence electrons. The number of carbonyl (C=O) groups is 2. The number of aromatic nitrogens is 3. The average Bonchev–Trinajstić information content (AvgIpc) is 3.22. The summed E-state index contributed by atoms with van der Waals surface area (Å²) in [6.45, 7) is 10.6. The molecule has 0 aliphatic rings. The molecule has 0 saturated carbocycles. The Morgan fingerprint density at radius 2 is 1.74 bits per heavy atom. The molecule has 0 radical (unpaired) electrons. The number of hydrogen-bond donors (Lipinski definition) is 2. The van der Waals surface area contributed by atoms with Crippen molar-refractivity contribution in [3.63, 3.8) is 0 Å². The van der Waals surface area contributed by atoms with E-state index in [1.54, 1.807) is 6.92 Å². The van der Waals surface area contributed by atoms with Crippen LogP contribution in [0, 0.1) is 13.8 Å². The zero-order chi connectivity index (χ0) is 25.4. The summed E-state index contributed by atoms with van der Waals surface area (Å²) < 4.78 is 7.64. The summed E-state index contributed by atoms with van der Waals surface area (Å²) >= 11 is 1.31. The normalized spacial score (nSPS) is 11.7. The number of thioether (sulfide) groups is 1. The van der Waals surface area contributed by atoms with Crippen LogP contribution in [0.1, 0.15) is 43.3 Å². The summed E-state index contributed by atoms with van der Waals surface area (Å²) in [4.78, 5) is 25.0. The lowest BCUT2D eigenvalue weighted by molar-refractivity contribution is -0.127. The Bertz CT molecular complexity index is 1140. The lowest BCUT2D eigenvalue weighted by atomic mass is 10.1. The van der Waals surface area contributed by atoms with Crippen molar-refractivity contribution in [1.82, 2.24) is 20.1 Å². The molecule has 1 aromatic heterocycles. The number of nitrogens with one attached hydrogen (secondary N) is 2. The second kappa shape index (κ2) is 12.4. The predicted molar refractivity (Wildman–Crippen MR) is 139 cm³/mol. The Labute approximate surface area is 210 Å². The third kappa shape index (κ3) is 7.58. The third-order valence-electron chi connectivity index (χ3n) is 5.38. The van der Waals surface area contributed by atoms with Crippen molar-refractivity contribution >= 4 is 29.3 Å². The molecular weight excluding hydrogens is 462 g/mol. The zero-order valence-corrected chi connectivity index (χ0v) is 21.7. The lowest BCUT2D eigenvalue weighted by Crippen LogP contribution is -2.36. The van der Waals surface area contributed by atoms with Gasteiger partial charge in [0, 0.05) is 12.2 Å². The fourth-order valence-electron chi connectivity index (χ4n) is 3.62. The van der Waals surface area contributed by atoms with Gasteiger partial charge in [-0.3, -0.25) is 9.59 Å². The van der Waals surface area contributed by atoms with Crippen molar-refractivity contribution in [2.45, 2.75) is 65.4 Å². The number of nitrogens with zero attached hydrogens (tertiary/aromatic N) is 3. The molecule has 0 aliphatic heterocycles. The summed E-state index contributed by atoms with van der Waals surface area (Å²) in [6, 6.07) is 13.7. The van der Waals surface area contributed by atoms with E-state index >= 15 is 0 Å². The number of ether oxygens (including phenoxy) is 1. The maximum atomic E-state index is 12.5. The minimum Gasteiger partial charge on any atom is -0.481 e. The fourth-order valence-corrected chi connectivity index (χ4v) is 4.44. The molecule has 3 aromatic rings. The average molecular weight is 496 g/mol. The predicted octanol–water partition coefficient (Wildman–Crippen LogP) is 4.29. The van der Waals surface area contributed by atoms with Crippen molar-refractivity contribution in [1.29, 1.82) is 0 Å². The Balaban J connectivity index is 1.51. The van der Waals surface area contributed by atoms with Gasteiger partial charge in [-0.25, -0.2) is 0 Å². The van der Waals surface area contributed by atoms with Crippen LogP contribution >= 0.6 is 11.8 Å². The Kier molecular flexibility index (Phi) is 9.31. The van der Waals surface area contributed by atoms with Crippen LogP contribution in [0.25, 0.3) is 0 Å². The van der Waals surface area contributed by atoms with Crippen LogP contribution < -0.4 is 15.4 Å². The first kappa shape index (κ1) is 26.3. The number of anilines is 1. The molecule has 0 unspecified atom stereocenters. The molecule has 8 nitrogen and oxygen atoms in total. The van der Waals surface area contributed by atoms with Crippen molar-refractivity contribution < 1.29 is 14.3 Å². The molecule has 0 bridgehead atoms. The Hall–Kier alpha value is -3.33.